The van der Waals surface area contributed by atoms with Crippen LogP contribution >= 0.6 is 0 Å². The highest BCUT2D eigenvalue weighted by Crippen LogP contribution is 2.22. The number of rotatable bonds is 4. The van der Waals surface area contributed by atoms with Crippen molar-refractivity contribution in [3.8, 4) is 0 Å². The molecule has 0 atom stereocenters. The number of nitrogens with zero attached hydrogens (tertiary/aromatic N) is 2. The number of nitro benzene ring substituents is 1. The lowest BCUT2D eigenvalue weighted by molar-refractivity contribution is -0.387. The van der Waals surface area contributed by atoms with Crippen LogP contribution < -0.4 is 0 Å². The number of hydrogen-bond acceptors (Lipinski definition) is 3. The molecule has 0 saturated carbocycles. The fraction of sp³-hybridized carbons (Fsp3) is 0.364. The van der Waals surface area contributed by atoms with E-state index in [2.05, 4.69) is 0 Å². The van der Waals surface area contributed by atoms with Crippen LogP contribution in [-0.2, 0) is 0 Å². The third kappa shape index (κ3) is 4.18. The predicted octanol–water partition coefficient (Wildman–Crippen LogP) is 2.76. The van der Waals surface area contributed by atoms with Gasteiger partial charge in [-0.25, -0.2) is 0 Å². The molecule has 5 nitrogen and oxygen atoms in total. The van der Waals surface area contributed by atoms with Crippen molar-refractivity contribution in [1.82, 2.24) is 4.90 Å². The molecule has 9 heteroatoms. The Labute approximate surface area is 110 Å². The summed E-state index contributed by atoms with van der Waals surface area (Å²) >= 11 is 0. The van der Waals surface area contributed by atoms with E-state index in [1.165, 1.54) is 0 Å². The molecular formula is C11H10F4N2O3. The Morgan fingerprint density at radius 1 is 1.40 bits per heavy atom. The summed E-state index contributed by atoms with van der Waals surface area (Å²) in [5.74, 6) is -1.97. The minimum atomic E-state index is -4.41. The largest absolute Gasteiger partial charge is 0.390 e. The lowest BCUT2D eigenvalue weighted by Gasteiger charge is -2.18. The lowest BCUT2D eigenvalue weighted by atomic mass is 10.1. The third-order valence-electron chi connectivity index (χ3n) is 2.47. The van der Waals surface area contributed by atoms with E-state index in [4.69, 9.17) is 0 Å². The van der Waals surface area contributed by atoms with Crippen LogP contribution in [-0.4, -0.2) is 35.5 Å². The van der Waals surface area contributed by atoms with Gasteiger partial charge in [-0.2, -0.15) is 17.6 Å². The molecule has 1 rings (SSSR count). The molecule has 1 amide bonds. The van der Waals surface area contributed by atoms with Crippen molar-refractivity contribution in [2.75, 3.05) is 13.6 Å². The van der Waals surface area contributed by atoms with E-state index in [1.54, 1.807) is 0 Å². The zero-order valence-electron chi connectivity index (χ0n) is 10.3. The van der Waals surface area contributed by atoms with Gasteiger partial charge in [0.25, 0.3) is 5.91 Å². The molecule has 0 aliphatic rings. The maximum atomic E-state index is 13.1. The van der Waals surface area contributed by atoms with Crippen LogP contribution in [0.5, 0.6) is 0 Å². The maximum Gasteiger partial charge on any atom is 0.390 e. The Balaban J connectivity index is 2.87. The van der Waals surface area contributed by atoms with Gasteiger partial charge in [-0.05, 0) is 12.1 Å². The van der Waals surface area contributed by atoms with Crippen molar-refractivity contribution in [2.45, 2.75) is 12.6 Å². The van der Waals surface area contributed by atoms with Gasteiger partial charge in [0, 0.05) is 25.2 Å². The first-order valence-electron chi connectivity index (χ1n) is 5.38. The summed E-state index contributed by atoms with van der Waals surface area (Å²) in [5, 5.41) is 10.5. The smallest absolute Gasteiger partial charge is 0.341 e. The summed E-state index contributed by atoms with van der Waals surface area (Å²) in [6.07, 6.45) is -5.61. The second kappa shape index (κ2) is 5.85. The molecule has 0 heterocycles. The molecular weight excluding hydrogens is 284 g/mol. The molecule has 0 bridgehead atoms. The van der Waals surface area contributed by atoms with Gasteiger partial charge in [-0.1, -0.05) is 0 Å². The molecule has 1 aromatic rings. The van der Waals surface area contributed by atoms with Crippen molar-refractivity contribution in [1.29, 1.82) is 0 Å². The summed E-state index contributed by atoms with van der Waals surface area (Å²) in [6.45, 7) is -0.590. The molecule has 0 aliphatic heterocycles. The van der Waals surface area contributed by atoms with Crippen LogP contribution in [0.1, 0.15) is 16.8 Å². The zero-order valence-corrected chi connectivity index (χ0v) is 10.3. The van der Waals surface area contributed by atoms with E-state index in [9.17, 15) is 32.5 Å². The maximum absolute atomic E-state index is 13.1. The normalized spacial score (nSPS) is 11.2. The fourth-order valence-corrected chi connectivity index (χ4v) is 1.40. The van der Waals surface area contributed by atoms with Crippen molar-refractivity contribution >= 4 is 11.6 Å². The Kier molecular flexibility index (Phi) is 4.64. The number of amides is 1. The highest BCUT2D eigenvalue weighted by Gasteiger charge is 2.28. The molecule has 0 aromatic heterocycles. The zero-order chi connectivity index (χ0) is 15.5. The van der Waals surface area contributed by atoms with Crippen LogP contribution in [0, 0.1) is 15.9 Å². The van der Waals surface area contributed by atoms with Crippen molar-refractivity contribution in [2.24, 2.45) is 0 Å². The van der Waals surface area contributed by atoms with Crippen LogP contribution in [0.4, 0.5) is 23.2 Å². The SMILES string of the molecule is CN(CCC(F)(F)F)C(=O)c1ccc(F)c([N+](=O)[O-])c1. The van der Waals surface area contributed by atoms with Crippen molar-refractivity contribution in [3.63, 3.8) is 0 Å². The first-order valence-corrected chi connectivity index (χ1v) is 5.38. The molecule has 0 fully saturated rings. The molecule has 1 aromatic carbocycles. The standard InChI is InChI=1S/C11H10F4N2O3/c1-16(5-4-11(13,14)15)10(18)7-2-3-8(12)9(6-7)17(19)20/h2-3,6H,4-5H2,1H3. The van der Waals surface area contributed by atoms with Crippen molar-refractivity contribution < 1.29 is 27.3 Å². The summed E-state index contributed by atoms with van der Waals surface area (Å²) in [5.41, 5.74) is -1.15. The van der Waals surface area contributed by atoms with E-state index in [1.807, 2.05) is 0 Å². The van der Waals surface area contributed by atoms with Gasteiger partial charge in [-0.3, -0.25) is 14.9 Å². The lowest BCUT2D eigenvalue weighted by Crippen LogP contribution is -2.30. The minimum absolute atomic E-state index is 0.247. The molecule has 0 aliphatic carbocycles. The van der Waals surface area contributed by atoms with Gasteiger partial charge in [0.15, 0.2) is 0 Å². The third-order valence-corrected chi connectivity index (χ3v) is 2.47. The Morgan fingerprint density at radius 3 is 2.50 bits per heavy atom. The van der Waals surface area contributed by atoms with Crippen LogP contribution in [0.25, 0.3) is 0 Å². The van der Waals surface area contributed by atoms with Crippen molar-refractivity contribution in [3.05, 3.63) is 39.7 Å². The minimum Gasteiger partial charge on any atom is -0.341 e. The highest BCUT2D eigenvalue weighted by molar-refractivity contribution is 5.94. The van der Waals surface area contributed by atoms with Gasteiger partial charge in [0.2, 0.25) is 5.82 Å². The number of carbonyl (C=O) groups is 1. The average Bonchev–Trinajstić information content (AvgIpc) is 2.34. The quantitative estimate of drug-likeness (QED) is 0.487. The summed E-state index contributed by atoms with van der Waals surface area (Å²) in [4.78, 5) is 22.0. The fourth-order valence-electron chi connectivity index (χ4n) is 1.40. The molecule has 0 spiro atoms. The topological polar surface area (TPSA) is 63.5 Å². The molecule has 0 radical (unpaired) electrons. The highest BCUT2D eigenvalue weighted by atomic mass is 19.4. The van der Waals surface area contributed by atoms with Gasteiger partial charge in [-0.15, -0.1) is 0 Å². The first-order chi connectivity index (χ1) is 9.11. The predicted molar refractivity (Wildman–Crippen MR) is 60.7 cm³/mol. The number of carbonyl (C=O) groups excluding carboxylic acids is 1. The first kappa shape index (κ1) is 15.9. The summed E-state index contributed by atoms with van der Waals surface area (Å²) < 4.78 is 49.2. The number of halogens is 4. The summed E-state index contributed by atoms with van der Waals surface area (Å²) in [7, 11) is 1.13. The monoisotopic (exact) mass is 294 g/mol. The second-order valence-corrected chi connectivity index (χ2v) is 4.02. The number of hydrogen-bond donors (Lipinski definition) is 0. The number of benzene rings is 1. The summed E-state index contributed by atoms with van der Waals surface area (Å²) in [6, 6.07) is 2.40. The molecule has 0 saturated heterocycles. The second-order valence-electron chi connectivity index (χ2n) is 4.02. The average molecular weight is 294 g/mol. The van der Waals surface area contributed by atoms with Crippen LogP contribution in [0.2, 0.25) is 0 Å². The number of nitro groups is 1. The Bertz CT molecular complexity index is 531. The van der Waals surface area contributed by atoms with Gasteiger partial charge in [0.1, 0.15) is 0 Å². The molecule has 20 heavy (non-hydrogen) atoms. The van der Waals surface area contributed by atoms with E-state index in [-0.39, 0.29) is 5.56 Å². The van der Waals surface area contributed by atoms with Gasteiger partial charge < -0.3 is 4.90 Å². The molecule has 0 unspecified atom stereocenters. The molecule has 110 valence electrons. The van der Waals surface area contributed by atoms with Crippen LogP contribution in [0.3, 0.4) is 0 Å². The Hall–Kier alpha value is -2.19. The van der Waals surface area contributed by atoms with Gasteiger partial charge >= 0.3 is 11.9 Å². The van der Waals surface area contributed by atoms with Gasteiger partial charge in [0.05, 0.1) is 11.3 Å². The van der Waals surface area contributed by atoms with Crippen LogP contribution in [0.15, 0.2) is 18.2 Å². The van der Waals surface area contributed by atoms with E-state index in [0.29, 0.717) is 6.07 Å². The Morgan fingerprint density at radius 2 is 2.00 bits per heavy atom. The number of alkyl halides is 3. The molecule has 0 N–H and O–H groups in total. The van der Waals surface area contributed by atoms with E-state index >= 15 is 0 Å². The van der Waals surface area contributed by atoms with E-state index < -0.39 is 41.5 Å². The van der Waals surface area contributed by atoms with E-state index in [0.717, 1.165) is 24.1 Å².